The number of aromatic nitrogens is 1. The zero-order valence-electron chi connectivity index (χ0n) is 21.2. The van der Waals surface area contributed by atoms with E-state index in [0.29, 0.717) is 76.3 Å². The van der Waals surface area contributed by atoms with Crippen LogP contribution in [0.25, 0.3) is 0 Å². The first kappa shape index (κ1) is 26.8. The molecule has 11 heteroatoms. The number of methoxy groups -OCH3 is 1. The maximum Gasteiger partial charge on any atom is 0.417 e. The number of rotatable bonds is 7. The fraction of sp³-hybridized carbons (Fsp3) is 0.769. The van der Waals surface area contributed by atoms with Gasteiger partial charge in [-0.3, -0.25) is 14.7 Å². The predicted molar refractivity (Wildman–Crippen MR) is 127 cm³/mol. The minimum Gasteiger partial charge on any atom is -0.396 e. The SMILES string of the molecule is CO[C@@H]1COCC[C@@H]1N(CCCO)[C@@H]1C[C@H]2OCC[C@@]2(C(=O)N2CCc3ncc(C(F)(F)F)cc3C2)C1. The van der Waals surface area contributed by atoms with Crippen LogP contribution >= 0.6 is 0 Å². The Labute approximate surface area is 215 Å². The first-order chi connectivity index (χ1) is 17.8. The molecule has 0 spiro atoms. The Balaban J connectivity index is 1.36. The highest BCUT2D eigenvalue weighted by molar-refractivity contribution is 5.84. The molecule has 0 unspecified atom stereocenters. The van der Waals surface area contributed by atoms with Crippen molar-refractivity contribution in [3.05, 3.63) is 29.1 Å². The molecule has 1 aliphatic carbocycles. The molecule has 1 N–H and O–H groups in total. The van der Waals surface area contributed by atoms with Gasteiger partial charge in [-0.05, 0) is 43.7 Å². The van der Waals surface area contributed by atoms with Crippen molar-refractivity contribution in [1.29, 1.82) is 0 Å². The molecule has 2 saturated heterocycles. The Morgan fingerprint density at radius 1 is 1.38 bits per heavy atom. The van der Waals surface area contributed by atoms with Gasteiger partial charge in [0.2, 0.25) is 5.91 Å². The van der Waals surface area contributed by atoms with Gasteiger partial charge in [-0.1, -0.05) is 0 Å². The maximum atomic E-state index is 14.1. The van der Waals surface area contributed by atoms with Crippen LogP contribution in [0.3, 0.4) is 0 Å². The van der Waals surface area contributed by atoms with Gasteiger partial charge in [-0.25, -0.2) is 0 Å². The van der Waals surface area contributed by atoms with Crippen LogP contribution in [0.4, 0.5) is 13.2 Å². The van der Waals surface area contributed by atoms with Gasteiger partial charge in [-0.2, -0.15) is 13.2 Å². The number of halogens is 3. The van der Waals surface area contributed by atoms with Gasteiger partial charge in [0.1, 0.15) is 0 Å². The topological polar surface area (TPSA) is 84.4 Å². The molecule has 5 atom stereocenters. The molecule has 0 aromatic carbocycles. The number of alkyl halides is 3. The van der Waals surface area contributed by atoms with Gasteiger partial charge < -0.3 is 24.2 Å². The van der Waals surface area contributed by atoms with Crippen molar-refractivity contribution in [1.82, 2.24) is 14.8 Å². The zero-order chi connectivity index (χ0) is 26.2. The van der Waals surface area contributed by atoms with E-state index in [1.807, 2.05) is 0 Å². The number of aliphatic hydroxyl groups excluding tert-OH is 1. The number of carbonyl (C=O) groups excluding carboxylic acids is 1. The van der Waals surface area contributed by atoms with Crippen LogP contribution in [0.5, 0.6) is 0 Å². The summed E-state index contributed by atoms with van der Waals surface area (Å²) in [6.07, 6.45) is -0.122. The second-order valence-corrected chi connectivity index (χ2v) is 10.7. The monoisotopic (exact) mass is 527 g/mol. The van der Waals surface area contributed by atoms with Gasteiger partial charge in [0.05, 0.1) is 29.8 Å². The van der Waals surface area contributed by atoms with Crippen LogP contribution in [-0.2, 0) is 38.1 Å². The molecule has 1 saturated carbocycles. The maximum absolute atomic E-state index is 14.1. The van der Waals surface area contributed by atoms with Gasteiger partial charge in [0, 0.05) is 77.0 Å². The lowest BCUT2D eigenvalue weighted by Gasteiger charge is -2.43. The number of pyridine rings is 1. The highest BCUT2D eigenvalue weighted by atomic mass is 19.4. The van der Waals surface area contributed by atoms with Crippen molar-refractivity contribution >= 4 is 5.91 Å². The first-order valence-corrected chi connectivity index (χ1v) is 13.2. The van der Waals surface area contributed by atoms with E-state index >= 15 is 0 Å². The zero-order valence-corrected chi connectivity index (χ0v) is 21.2. The third-order valence-corrected chi connectivity index (χ3v) is 8.69. The van der Waals surface area contributed by atoms with Crippen molar-refractivity contribution in [2.75, 3.05) is 46.6 Å². The molecule has 0 radical (unpaired) electrons. The van der Waals surface area contributed by atoms with Crippen molar-refractivity contribution in [2.45, 2.75) is 75.5 Å². The van der Waals surface area contributed by atoms with E-state index in [9.17, 15) is 23.1 Å². The number of hydrogen-bond acceptors (Lipinski definition) is 7. The smallest absolute Gasteiger partial charge is 0.396 e. The number of carbonyl (C=O) groups is 1. The molecule has 1 aromatic heterocycles. The summed E-state index contributed by atoms with van der Waals surface area (Å²) in [6.45, 7) is 2.98. The van der Waals surface area contributed by atoms with Crippen molar-refractivity contribution in [3.8, 4) is 0 Å². The van der Waals surface area contributed by atoms with E-state index < -0.39 is 17.2 Å². The Morgan fingerprint density at radius 2 is 2.22 bits per heavy atom. The predicted octanol–water partition coefficient (Wildman–Crippen LogP) is 2.41. The number of fused-ring (bicyclic) bond motifs is 2. The molecule has 3 aliphatic heterocycles. The van der Waals surface area contributed by atoms with E-state index in [4.69, 9.17) is 14.2 Å². The molecule has 5 rings (SSSR count). The first-order valence-electron chi connectivity index (χ1n) is 13.2. The largest absolute Gasteiger partial charge is 0.417 e. The summed E-state index contributed by atoms with van der Waals surface area (Å²) >= 11 is 0. The fourth-order valence-electron chi connectivity index (χ4n) is 6.81. The van der Waals surface area contributed by atoms with Crippen LogP contribution < -0.4 is 0 Å². The van der Waals surface area contributed by atoms with Gasteiger partial charge in [0.15, 0.2) is 0 Å². The van der Waals surface area contributed by atoms with Crippen molar-refractivity contribution in [2.24, 2.45) is 5.41 Å². The van der Waals surface area contributed by atoms with Crippen LogP contribution in [0.15, 0.2) is 12.3 Å². The number of aliphatic hydroxyl groups is 1. The third-order valence-electron chi connectivity index (χ3n) is 8.69. The normalized spacial score (nSPS) is 32.0. The van der Waals surface area contributed by atoms with Gasteiger partial charge in [0.25, 0.3) is 0 Å². The number of ether oxygens (including phenoxy) is 3. The third kappa shape index (κ3) is 5.13. The van der Waals surface area contributed by atoms with Gasteiger partial charge >= 0.3 is 6.18 Å². The van der Waals surface area contributed by atoms with E-state index in [1.54, 1.807) is 12.0 Å². The second kappa shape index (κ2) is 10.8. The highest BCUT2D eigenvalue weighted by Crippen LogP contribution is 2.51. The van der Waals surface area contributed by atoms with E-state index in [1.165, 1.54) is 0 Å². The molecule has 3 fully saturated rings. The van der Waals surface area contributed by atoms with Crippen molar-refractivity contribution in [3.63, 3.8) is 0 Å². The Kier molecular flexibility index (Phi) is 7.80. The van der Waals surface area contributed by atoms with Crippen LogP contribution in [0.2, 0.25) is 0 Å². The number of nitrogens with zero attached hydrogens (tertiary/aromatic N) is 3. The summed E-state index contributed by atoms with van der Waals surface area (Å²) < 4.78 is 57.3. The van der Waals surface area contributed by atoms with Crippen molar-refractivity contribution < 1.29 is 37.3 Å². The lowest BCUT2D eigenvalue weighted by atomic mass is 9.80. The second-order valence-electron chi connectivity index (χ2n) is 10.7. The minimum atomic E-state index is -4.47. The minimum absolute atomic E-state index is 0.0297. The highest BCUT2D eigenvalue weighted by Gasteiger charge is 2.59. The fourth-order valence-corrected chi connectivity index (χ4v) is 6.81. The van der Waals surface area contributed by atoms with Crippen LogP contribution in [0, 0.1) is 5.41 Å². The molecular formula is C26H36F3N3O5. The van der Waals surface area contributed by atoms with E-state index in [0.717, 1.165) is 18.7 Å². The standard InChI is InChI=1S/C26H36F3N3O5/c1-35-22-16-36-9-4-21(22)32(6-2-8-33)19-12-23-25(13-19,5-10-37-23)24(34)31-7-3-20-17(15-31)11-18(14-30-20)26(27,28)29/h11,14,19,21-23,33H,2-10,12-13,15-16H2,1H3/t19-,21+,22-,23-,25-/m1/s1. The lowest BCUT2D eigenvalue weighted by molar-refractivity contribution is -0.145. The Morgan fingerprint density at radius 3 is 2.97 bits per heavy atom. The van der Waals surface area contributed by atoms with Crippen LogP contribution in [-0.4, -0.2) is 96.7 Å². The summed E-state index contributed by atoms with van der Waals surface area (Å²) in [6, 6.07) is 1.33. The van der Waals surface area contributed by atoms with E-state index in [-0.39, 0.29) is 43.4 Å². The molecule has 37 heavy (non-hydrogen) atoms. The lowest BCUT2D eigenvalue weighted by Crippen LogP contribution is -2.54. The molecule has 0 bridgehead atoms. The Bertz CT molecular complexity index is 979. The molecule has 8 nitrogen and oxygen atoms in total. The summed E-state index contributed by atoms with van der Waals surface area (Å²) in [5.74, 6) is -0.0297. The molecule has 206 valence electrons. The number of amides is 1. The summed E-state index contributed by atoms with van der Waals surface area (Å²) in [5.41, 5.74) is -0.392. The molecule has 4 heterocycles. The number of hydrogen-bond donors (Lipinski definition) is 1. The summed E-state index contributed by atoms with van der Waals surface area (Å²) in [4.78, 5) is 22.2. The summed E-state index contributed by atoms with van der Waals surface area (Å²) in [7, 11) is 1.68. The van der Waals surface area contributed by atoms with Crippen LogP contribution in [0.1, 0.15) is 48.9 Å². The van der Waals surface area contributed by atoms with E-state index in [2.05, 4.69) is 9.88 Å². The average Bonchev–Trinajstić information content (AvgIpc) is 3.46. The molecule has 4 aliphatic rings. The average molecular weight is 528 g/mol. The molecular weight excluding hydrogens is 491 g/mol. The quantitative estimate of drug-likeness (QED) is 0.583. The van der Waals surface area contributed by atoms with Gasteiger partial charge in [-0.15, -0.1) is 0 Å². The Hall–Kier alpha value is -1.79. The summed E-state index contributed by atoms with van der Waals surface area (Å²) in [5, 5.41) is 9.56. The molecule has 1 aromatic rings. The molecule has 1 amide bonds.